The first-order valence-corrected chi connectivity index (χ1v) is 6.29. The highest BCUT2D eigenvalue weighted by atomic mass is 16.6. The number of hydrogen-bond acceptors (Lipinski definition) is 5. The second-order valence-corrected chi connectivity index (χ2v) is 5.18. The van der Waals surface area contributed by atoms with E-state index >= 15 is 0 Å². The summed E-state index contributed by atoms with van der Waals surface area (Å²) in [7, 11) is 0. The van der Waals surface area contributed by atoms with Gasteiger partial charge in [-0.1, -0.05) is 0 Å². The van der Waals surface area contributed by atoms with E-state index in [0.29, 0.717) is 12.4 Å². The third kappa shape index (κ3) is 7.13. The number of aromatic nitrogens is 1. The van der Waals surface area contributed by atoms with Crippen molar-refractivity contribution in [2.24, 2.45) is 0 Å². The number of hydrogen-bond donors (Lipinski definition) is 3. The second kappa shape index (κ2) is 6.82. The number of carbonyl (C=O) groups excluding carboxylic acids is 1. The van der Waals surface area contributed by atoms with Gasteiger partial charge < -0.3 is 21.1 Å². The lowest BCUT2D eigenvalue weighted by Crippen LogP contribution is -2.33. The fourth-order valence-electron chi connectivity index (χ4n) is 1.34. The minimum atomic E-state index is -0.460. The van der Waals surface area contributed by atoms with Crippen LogP contribution >= 0.6 is 0 Å². The molecular formula is C13H22N4O2. The van der Waals surface area contributed by atoms with Gasteiger partial charge in [0.1, 0.15) is 11.4 Å². The monoisotopic (exact) mass is 266 g/mol. The van der Waals surface area contributed by atoms with Gasteiger partial charge in [-0.2, -0.15) is 0 Å². The van der Waals surface area contributed by atoms with Crippen LogP contribution in [0, 0.1) is 0 Å². The summed E-state index contributed by atoms with van der Waals surface area (Å²) < 4.78 is 5.12. The first kappa shape index (κ1) is 15.1. The second-order valence-electron chi connectivity index (χ2n) is 5.18. The van der Waals surface area contributed by atoms with Crippen molar-refractivity contribution in [1.82, 2.24) is 10.3 Å². The van der Waals surface area contributed by atoms with Crippen LogP contribution < -0.4 is 16.4 Å². The number of ether oxygens (including phenoxy) is 1. The summed E-state index contributed by atoms with van der Waals surface area (Å²) >= 11 is 0. The molecule has 0 aliphatic heterocycles. The molecule has 0 aliphatic rings. The summed E-state index contributed by atoms with van der Waals surface area (Å²) in [5, 5.41) is 5.88. The molecule has 1 aromatic heterocycles. The Morgan fingerprint density at radius 3 is 2.68 bits per heavy atom. The molecule has 4 N–H and O–H groups in total. The number of rotatable bonds is 5. The predicted molar refractivity (Wildman–Crippen MR) is 76.0 cm³/mol. The van der Waals surface area contributed by atoms with Gasteiger partial charge in [0.15, 0.2) is 0 Å². The zero-order valence-electron chi connectivity index (χ0n) is 11.7. The molecule has 0 saturated heterocycles. The molecule has 1 aromatic rings. The van der Waals surface area contributed by atoms with Crippen LogP contribution in [0.1, 0.15) is 27.2 Å². The topological polar surface area (TPSA) is 89.3 Å². The van der Waals surface area contributed by atoms with Gasteiger partial charge in [-0.15, -0.1) is 0 Å². The number of nitrogen functional groups attached to an aromatic ring is 1. The summed E-state index contributed by atoms with van der Waals surface area (Å²) in [6.45, 7) is 6.80. The van der Waals surface area contributed by atoms with Crippen molar-refractivity contribution in [2.75, 3.05) is 24.1 Å². The maximum Gasteiger partial charge on any atom is 0.407 e. The maximum atomic E-state index is 11.4. The molecule has 0 atom stereocenters. The van der Waals surface area contributed by atoms with Crippen molar-refractivity contribution in [3.63, 3.8) is 0 Å². The van der Waals surface area contributed by atoms with Crippen molar-refractivity contribution >= 4 is 17.6 Å². The van der Waals surface area contributed by atoms with Crippen LogP contribution in [0.5, 0.6) is 0 Å². The van der Waals surface area contributed by atoms with E-state index in [1.54, 1.807) is 12.3 Å². The smallest absolute Gasteiger partial charge is 0.407 e. The van der Waals surface area contributed by atoms with Gasteiger partial charge in [-0.25, -0.2) is 9.78 Å². The molecule has 1 rings (SSSR count). The fourth-order valence-corrected chi connectivity index (χ4v) is 1.34. The molecule has 0 saturated carbocycles. The van der Waals surface area contributed by atoms with Gasteiger partial charge in [-0.3, -0.25) is 0 Å². The highest BCUT2D eigenvalue weighted by Gasteiger charge is 2.15. The molecule has 0 aliphatic carbocycles. The van der Waals surface area contributed by atoms with Gasteiger partial charge in [0.25, 0.3) is 0 Å². The number of nitrogens with one attached hydrogen (secondary N) is 2. The van der Waals surface area contributed by atoms with Gasteiger partial charge in [0, 0.05) is 13.1 Å². The maximum absolute atomic E-state index is 11.4. The van der Waals surface area contributed by atoms with E-state index in [1.165, 1.54) is 0 Å². The van der Waals surface area contributed by atoms with Crippen LogP contribution in [0.15, 0.2) is 18.3 Å². The standard InChI is InChI=1S/C13H22N4O2/c1-13(2,3)19-12(18)16-8-4-7-15-10-5-6-11(14)17-9-10/h5-6,9,15H,4,7-8H2,1-3H3,(H2,14,17)(H,16,18). The molecule has 6 nitrogen and oxygen atoms in total. The van der Waals surface area contributed by atoms with E-state index < -0.39 is 5.60 Å². The van der Waals surface area contributed by atoms with Gasteiger partial charge in [-0.05, 0) is 39.3 Å². The van der Waals surface area contributed by atoms with Crippen molar-refractivity contribution in [1.29, 1.82) is 0 Å². The molecular weight excluding hydrogens is 244 g/mol. The number of carbonyl (C=O) groups is 1. The molecule has 1 amide bonds. The zero-order valence-corrected chi connectivity index (χ0v) is 11.7. The van der Waals surface area contributed by atoms with Crippen molar-refractivity contribution in [2.45, 2.75) is 32.8 Å². The van der Waals surface area contributed by atoms with Gasteiger partial charge in [0.2, 0.25) is 0 Å². The highest BCUT2D eigenvalue weighted by Crippen LogP contribution is 2.07. The van der Waals surface area contributed by atoms with E-state index in [9.17, 15) is 4.79 Å². The molecule has 0 aromatic carbocycles. The van der Waals surface area contributed by atoms with E-state index in [4.69, 9.17) is 10.5 Å². The largest absolute Gasteiger partial charge is 0.444 e. The summed E-state index contributed by atoms with van der Waals surface area (Å²) in [6, 6.07) is 3.60. The Labute approximate surface area is 113 Å². The van der Waals surface area contributed by atoms with Crippen LogP contribution in [0.3, 0.4) is 0 Å². The van der Waals surface area contributed by atoms with Crippen molar-refractivity contribution in [3.8, 4) is 0 Å². The summed E-state index contributed by atoms with van der Waals surface area (Å²) in [6.07, 6.45) is 2.09. The van der Waals surface area contributed by atoms with E-state index in [0.717, 1.165) is 18.7 Å². The third-order valence-corrected chi connectivity index (χ3v) is 2.14. The normalized spacial score (nSPS) is 10.9. The van der Waals surface area contributed by atoms with Crippen LogP contribution in [0.25, 0.3) is 0 Å². The first-order valence-electron chi connectivity index (χ1n) is 6.29. The van der Waals surface area contributed by atoms with Crippen molar-refractivity contribution < 1.29 is 9.53 Å². The predicted octanol–water partition coefficient (Wildman–Crippen LogP) is 1.99. The van der Waals surface area contributed by atoms with Crippen LogP contribution in [0.4, 0.5) is 16.3 Å². The molecule has 106 valence electrons. The Balaban J connectivity index is 2.11. The molecule has 0 fully saturated rings. The third-order valence-electron chi connectivity index (χ3n) is 2.14. The number of alkyl carbamates (subject to hydrolysis) is 1. The molecule has 0 unspecified atom stereocenters. The molecule has 0 bridgehead atoms. The molecule has 19 heavy (non-hydrogen) atoms. The van der Waals surface area contributed by atoms with Crippen LogP contribution in [0.2, 0.25) is 0 Å². The molecule has 0 spiro atoms. The molecule has 0 radical (unpaired) electrons. The Kier molecular flexibility index (Phi) is 5.41. The Morgan fingerprint density at radius 1 is 1.37 bits per heavy atom. The van der Waals surface area contributed by atoms with E-state index in [2.05, 4.69) is 15.6 Å². The first-order chi connectivity index (χ1) is 8.87. The minimum Gasteiger partial charge on any atom is -0.444 e. The fraction of sp³-hybridized carbons (Fsp3) is 0.538. The summed E-state index contributed by atoms with van der Waals surface area (Å²) in [4.78, 5) is 15.3. The summed E-state index contributed by atoms with van der Waals surface area (Å²) in [5.41, 5.74) is 5.93. The summed E-state index contributed by atoms with van der Waals surface area (Å²) in [5.74, 6) is 0.497. The lowest BCUT2D eigenvalue weighted by Gasteiger charge is -2.19. The quantitative estimate of drug-likeness (QED) is 0.709. The Bertz CT molecular complexity index is 398. The average molecular weight is 266 g/mol. The average Bonchev–Trinajstić information content (AvgIpc) is 2.29. The number of amides is 1. The van der Waals surface area contributed by atoms with Crippen LogP contribution in [-0.4, -0.2) is 29.8 Å². The number of nitrogens with two attached hydrogens (primary N) is 1. The molecule has 6 heteroatoms. The Hall–Kier alpha value is -1.98. The van der Waals surface area contributed by atoms with Gasteiger partial charge in [0.05, 0.1) is 11.9 Å². The number of nitrogens with zero attached hydrogens (tertiary/aromatic N) is 1. The number of pyridine rings is 1. The van der Waals surface area contributed by atoms with Crippen LogP contribution in [-0.2, 0) is 4.74 Å². The van der Waals surface area contributed by atoms with E-state index in [1.807, 2.05) is 26.8 Å². The SMILES string of the molecule is CC(C)(C)OC(=O)NCCCNc1ccc(N)nc1. The molecule has 1 heterocycles. The van der Waals surface area contributed by atoms with Crippen molar-refractivity contribution in [3.05, 3.63) is 18.3 Å². The Morgan fingerprint density at radius 2 is 2.11 bits per heavy atom. The minimum absolute atomic E-state index is 0.387. The van der Waals surface area contributed by atoms with Gasteiger partial charge >= 0.3 is 6.09 Å². The lowest BCUT2D eigenvalue weighted by molar-refractivity contribution is 0.0528. The lowest BCUT2D eigenvalue weighted by atomic mass is 10.2. The van der Waals surface area contributed by atoms with E-state index in [-0.39, 0.29) is 6.09 Å². The zero-order chi connectivity index (χ0) is 14.3. The number of anilines is 2. The highest BCUT2D eigenvalue weighted by molar-refractivity contribution is 5.67.